The molecule has 124 valence electrons. The fourth-order valence-electron chi connectivity index (χ4n) is 4.34. The van der Waals surface area contributed by atoms with Gasteiger partial charge >= 0.3 is 0 Å². The summed E-state index contributed by atoms with van der Waals surface area (Å²) in [6.45, 7) is 2.04. The van der Waals surface area contributed by atoms with Gasteiger partial charge in [-0.15, -0.1) is 0 Å². The Hall–Kier alpha value is -2.86. The van der Waals surface area contributed by atoms with Gasteiger partial charge in [0.2, 0.25) is 5.91 Å². The van der Waals surface area contributed by atoms with Gasteiger partial charge in [-0.2, -0.15) is 5.26 Å². The van der Waals surface area contributed by atoms with Crippen LogP contribution in [0, 0.1) is 24.3 Å². The molecule has 1 aliphatic carbocycles. The number of amides is 1. The molecule has 3 nitrogen and oxygen atoms in total. The van der Waals surface area contributed by atoms with E-state index in [1.165, 1.54) is 16.0 Å². The quantitative estimate of drug-likeness (QED) is 0.788. The molecular weight excluding hydrogens is 308 g/mol. The first-order valence-electron chi connectivity index (χ1n) is 8.75. The number of nitrogens with zero attached hydrogens (tertiary/aromatic N) is 2. The predicted molar refractivity (Wildman–Crippen MR) is 96.3 cm³/mol. The van der Waals surface area contributed by atoms with Gasteiger partial charge in [0.15, 0.2) is 6.19 Å². The molecule has 25 heavy (non-hydrogen) atoms. The van der Waals surface area contributed by atoms with Crippen molar-refractivity contribution in [2.45, 2.75) is 32.1 Å². The standard InChI is InChI=1S/C22H20N2O/c1-15-7-5-6-10-18(15)20-19-12-11-17(13-16-8-3-2-4-9-16)21(19)24(14-23)22(20)25/h2-10,19-20H,11-13H2,1H3. The molecule has 0 saturated carbocycles. The molecular formula is C22H20N2O. The number of carbonyl (C=O) groups excluding carboxylic acids is 1. The zero-order valence-electron chi connectivity index (χ0n) is 14.3. The minimum atomic E-state index is -0.218. The smallest absolute Gasteiger partial charge is 0.248 e. The minimum Gasteiger partial charge on any atom is -0.273 e. The van der Waals surface area contributed by atoms with Crippen molar-refractivity contribution >= 4 is 5.91 Å². The number of fused-ring (bicyclic) bond motifs is 1. The Morgan fingerprint density at radius 3 is 2.56 bits per heavy atom. The maximum Gasteiger partial charge on any atom is 0.248 e. The second kappa shape index (κ2) is 6.22. The molecule has 0 bridgehead atoms. The van der Waals surface area contributed by atoms with Crippen molar-refractivity contribution in [1.29, 1.82) is 5.26 Å². The molecule has 2 aromatic rings. The third-order valence-corrected chi connectivity index (χ3v) is 5.48. The zero-order valence-corrected chi connectivity index (χ0v) is 14.3. The van der Waals surface area contributed by atoms with Crippen LogP contribution in [0.1, 0.15) is 35.4 Å². The number of benzene rings is 2. The zero-order chi connectivity index (χ0) is 17.4. The number of nitriles is 1. The molecule has 2 unspecified atom stereocenters. The van der Waals surface area contributed by atoms with Crippen molar-refractivity contribution in [1.82, 2.24) is 4.90 Å². The molecule has 1 heterocycles. The Morgan fingerprint density at radius 1 is 1.12 bits per heavy atom. The summed E-state index contributed by atoms with van der Waals surface area (Å²) < 4.78 is 0. The van der Waals surface area contributed by atoms with Gasteiger partial charge in [-0.05, 0) is 48.4 Å². The predicted octanol–water partition coefficient (Wildman–Crippen LogP) is 4.31. The van der Waals surface area contributed by atoms with Crippen molar-refractivity contribution in [2.24, 2.45) is 5.92 Å². The molecule has 2 aliphatic rings. The molecule has 0 aromatic heterocycles. The van der Waals surface area contributed by atoms with Gasteiger partial charge in [-0.1, -0.05) is 54.6 Å². The lowest BCUT2D eigenvalue weighted by Crippen LogP contribution is -2.22. The second-order valence-electron chi connectivity index (χ2n) is 6.90. The lowest BCUT2D eigenvalue weighted by atomic mass is 9.84. The molecule has 4 rings (SSSR count). The normalized spacial score (nSPS) is 22.2. The van der Waals surface area contributed by atoms with Crippen molar-refractivity contribution in [2.75, 3.05) is 0 Å². The fourth-order valence-corrected chi connectivity index (χ4v) is 4.34. The van der Waals surface area contributed by atoms with Crippen LogP contribution in [0.5, 0.6) is 0 Å². The van der Waals surface area contributed by atoms with Crippen LogP contribution in [0.2, 0.25) is 0 Å². The number of likely N-dealkylation sites (tertiary alicyclic amines) is 1. The van der Waals surface area contributed by atoms with E-state index in [1.54, 1.807) is 0 Å². The number of carbonyl (C=O) groups is 1. The number of aryl methyl sites for hydroxylation is 1. The maximum absolute atomic E-state index is 13.0. The third kappa shape index (κ3) is 2.55. The summed E-state index contributed by atoms with van der Waals surface area (Å²) in [7, 11) is 0. The molecule has 2 aromatic carbocycles. The van der Waals surface area contributed by atoms with Crippen LogP contribution in [0.4, 0.5) is 0 Å². The molecule has 1 saturated heterocycles. The molecule has 2 atom stereocenters. The van der Waals surface area contributed by atoms with Crippen molar-refractivity contribution in [3.05, 3.63) is 82.6 Å². The highest BCUT2D eigenvalue weighted by Crippen LogP contribution is 2.50. The number of hydrogen-bond donors (Lipinski definition) is 0. The second-order valence-corrected chi connectivity index (χ2v) is 6.90. The maximum atomic E-state index is 13.0. The Balaban J connectivity index is 1.75. The average Bonchev–Trinajstić information content (AvgIpc) is 3.14. The third-order valence-electron chi connectivity index (χ3n) is 5.48. The Morgan fingerprint density at radius 2 is 1.84 bits per heavy atom. The molecule has 0 radical (unpaired) electrons. The highest BCUT2D eigenvalue weighted by Gasteiger charge is 2.49. The summed E-state index contributed by atoms with van der Waals surface area (Å²) in [5.74, 6) is -0.154. The van der Waals surface area contributed by atoms with E-state index in [4.69, 9.17) is 0 Å². The summed E-state index contributed by atoms with van der Waals surface area (Å²) >= 11 is 0. The largest absolute Gasteiger partial charge is 0.273 e. The van der Waals surface area contributed by atoms with E-state index in [9.17, 15) is 10.1 Å². The molecule has 3 heteroatoms. The van der Waals surface area contributed by atoms with E-state index in [0.717, 1.165) is 36.1 Å². The van der Waals surface area contributed by atoms with E-state index in [0.29, 0.717) is 0 Å². The van der Waals surface area contributed by atoms with Crippen LogP contribution in [-0.4, -0.2) is 10.8 Å². The van der Waals surface area contributed by atoms with Crippen LogP contribution in [-0.2, 0) is 11.2 Å². The topological polar surface area (TPSA) is 44.1 Å². The van der Waals surface area contributed by atoms with Gasteiger partial charge < -0.3 is 0 Å². The summed E-state index contributed by atoms with van der Waals surface area (Å²) in [4.78, 5) is 14.3. The monoisotopic (exact) mass is 328 g/mol. The Bertz CT molecular complexity index is 892. The SMILES string of the molecule is Cc1ccccc1C1C(=O)N(C#N)C2=C(Cc3ccccc3)CCC21. The van der Waals surface area contributed by atoms with Crippen molar-refractivity contribution in [3.63, 3.8) is 0 Å². The summed E-state index contributed by atoms with van der Waals surface area (Å²) in [6.07, 6.45) is 4.87. The highest BCUT2D eigenvalue weighted by atomic mass is 16.2. The van der Waals surface area contributed by atoms with E-state index >= 15 is 0 Å². The van der Waals surface area contributed by atoms with Gasteiger partial charge in [-0.3, -0.25) is 4.79 Å². The molecule has 0 spiro atoms. The van der Waals surface area contributed by atoms with Gasteiger partial charge in [0.25, 0.3) is 0 Å². The first-order valence-corrected chi connectivity index (χ1v) is 8.75. The molecule has 1 aliphatic heterocycles. The molecule has 0 N–H and O–H groups in total. The van der Waals surface area contributed by atoms with E-state index < -0.39 is 0 Å². The first kappa shape index (κ1) is 15.7. The number of allylic oxidation sites excluding steroid dienone is 2. The minimum absolute atomic E-state index is 0.0675. The van der Waals surface area contributed by atoms with Gasteiger partial charge in [0.1, 0.15) is 0 Å². The van der Waals surface area contributed by atoms with Crippen LogP contribution >= 0.6 is 0 Å². The average molecular weight is 328 g/mol. The van der Waals surface area contributed by atoms with Crippen LogP contribution in [0.25, 0.3) is 0 Å². The van der Waals surface area contributed by atoms with Crippen LogP contribution in [0.15, 0.2) is 65.9 Å². The number of rotatable bonds is 3. The van der Waals surface area contributed by atoms with E-state index in [1.807, 2.05) is 49.4 Å². The fraction of sp³-hybridized carbons (Fsp3) is 0.273. The van der Waals surface area contributed by atoms with Gasteiger partial charge in [0.05, 0.1) is 5.92 Å². The lowest BCUT2D eigenvalue weighted by molar-refractivity contribution is -0.126. The van der Waals surface area contributed by atoms with Crippen molar-refractivity contribution in [3.8, 4) is 6.19 Å². The highest BCUT2D eigenvalue weighted by molar-refractivity contribution is 5.91. The molecule has 1 fully saturated rings. The number of hydrogen-bond acceptors (Lipinski definition) is 2. The van der Waals surface area contributed by atoms with E-state index in [-0.39, 0.29) is 17.7 Å². The van der Waals surface area contributed by atoms with Crippen LogP contribution < -0.4 is 0 Å². The molecule has 1 amide bonds. The summed E-state index contributed by atoms with van der Waals surface area (Å²) in [5.41, 5.74) is 5.62. The summed E-state index contributed by atoms with van der Waals surface area (Å²) in [6, 6.07) is 18.3. The van der Waals surface area contributed by atoms with Crippen molar-refractivity contribution < 1.29 is 4.79 Å². The first-order chi connectivity index (χ1) is 12.2. The summed E-state index contributed by atoms with van der Waals surface area (Å²) in [5, 5.41) is 9.62. The lowest BCUT2D eigenvalue weighted by Gasteiger charge is -2.16. The Labute approximate surface area is 148 Å². The Kier molecular flexibility index (Phi) is 3.89. The van der Waals surface area contributed by atoms with E-state index in [2.05, 4.69) is 18.3 Å². The van der Waals surface area contributed by atoms with Gasteiger partial charge in [-0.25, -0.2) is 4.90 Å². The van der Waals surface area contributed by atoms with Crippen LogP contribution in [0.3, 0.4) is 0 Å². The van der Waals surface area contributed by atoms with Gasteiger partial charge in [0, 0.05) is 11.6 Å².